The fraction of sp³-hybridized carbons (Fsp3) is 0.643. The Bertz CT molecular complexity index is 525. The van der Waals surface area contributed by atoms with Crippen LogP contribution in [0.3, 0.4) is 0 Å². The van der Waals surface area contributed by atoms with Gasteiger partial charge < -0.3 is 15.2 Å². The van der Waals surface area contributed by atoms with Gasteiger partial charge in [-0.1, -0.05) is 0 Å². The number of ether oxygens (including phenoxy) is 1. The van der Waals surface area contributed by atoms with Crippen molar-refractivity contribution in [2.24, 2.45) is 0 Å². The summed E-state index contributed by atoms with van der Waals surface area (Å²) in [5.74, 6) is -1.24. The van der Waals surface area contributed by atoms with Crippen molar-refractivity contribution in [3.05, 3.63) is 18.0 Å². The zero-order valence-corrected chi connectivity index (χ0v) is 12.9. The molecule has 8 nitrogen and oxygen atoms in total. The van der Waals surface area contributed by atoms with Crippen molar-refractivity contribution in [2.45, 2.75) is 25.9 Å². The van der Waals surface area contributed by atoms with Crippen LogP contribution < -0.4 is 5.32 Å². The zero-order valence-electron chi connectivity index (χ0n) is 12.9. The Balaban J connectivity index is 1.85. The first kappa shape index (κ1) is 16.4. The summed E-state index contributed by atoms with van der Waals surface area (Å²) in [6, 6.07) is -0.553. The second-order valence-electron chi connectivity index (χ2n) is 5.51. The summed E-state index contributed by atoms with van der Waals surface area (Å²) in [4.78, 5) is 25.3. The number of hydrogen-bond acceptors (Lipinski definition) is 5. The van der Waals surface area contributed by atoms with Crippen LogP contribution in [0.5, 0.6) is 0 Å². The highest BCUT2D eigenvalue weighted by molar-refractivity contribution is 5.87. The monoisotopic (exact) mass is 310 g/mol. The third-order valence-electron chi connectivity index (χ3n) is 3.65. The van der Waals surface area contributed by atoms with Gasteiger partial charge in [-0.3, -0.25) is 14.4 Å². The molecule has 2 rings (SSSR count). The maximum atomic E-state index is 12.2. The van der Waals surface area contributed by atoms with E-state index < -0.39 is 12.0 Å². The number of hydrogen-bond donors (Lipinski definition) is 2. The number of nitrogens with one attached hydrogen (secondary N) is 1. The molecule has 0 spiro atoms. The van der Waals surface area contributed by atoms with Crippen LogP contribution in [0, 0.1) is 0 Å². The number of carbonyl (C=O) groups excluding carboxylic acids is 1. The van der Waals surface area contributed by atoms with Crippen molar-refractivity contribution in [3.63, 3.8) is 0 Å². The summed E-state index contributed by atoms with van der Waals surface area (Å²) in [6.07, 6.45) is 2.60. The van der Waals surface area contributed by atoms with Gasteiger partial charge in [-0.15, -0.1) is 0 Å². The number of carbonyl (C=O) groups is 2. The van der Waals surface area contributed by atoms with Crippen LogP contribution in [0.25, 0.3) is 0 Å². The van der Waals surface area contributed by atoms with E-state index in [0.29, 0.717) is 0 Å². The second kappa shape index (κ2) is 7.37. The number of carboxylic acid groups (broad SMARTS) is 1. The molecule has 1 aromatic rings. The van der Waals surface area contributed by atoms with Crippen molar-refractivity contribution in [3.8, 4) is 0 Å². The van der Waals surface area contributed by atoms with E-state index in [2.05, 4.69) is 15.3 Å². The van der Waals surface area contributed by atoms with Gasteiger partial charge in [-0.2, -0.15) is 5.10 Å². The zero-order chi connectivity index (χ0) is 16.1. The first-order chi connectivity index (χ1) is 10.5. The molecular weight excluding hydrogens is 288 g/mol. The molecule has 0 saturated carbocycles. The molecule has 1 saturated heterocycles. The van der Waals surface area contributed by atoms with Gasteiger partial charge in [0.15, 0.2) is 0 Å². The average Bonchev–Trinajstić information content (AvgIpc) is 2.97. The molecule has 122 valence electrons. The highest BCUT2D eigenvalue weighted by Gasteiger charge is 2.20. The van der Waals surface area contributed by atoms with Gasteiger partial charge in [0.2, 0.25) is 5.91 Å². The molecule has 1 aromatic heterocycles. The molecule has 2 atom stereocenters. The number of amides is 1. The fourth-order valence-corrected chi connectivity index (χ4v) is 2.36. The largest absolute Gasteiger partial charge is 0.478 e. The number of aromatic nitrogens is 2. The number of carboxylic acids is 1. The predicted octanol–water partition coefficient (Wildman–Crippen LogP) is -0.0208. The minimum atomic E-state index is -1.06. The Morgan fingerprint density at radius 1 is 1.41 bits per heavy atom. The van der Waals surface area contributed by atoms with E-state index in [9.17, 15) is 9.59 Å². The highest BCUT2D eigenvalue weighted by Crippen LogP contribution is 2.08. The molecule has 1 fully saturated rings. The van der Waals surface area contributed by atoms with Crippen molar-refractivity contribution in [1.82, 2.24) is 20.0 Å². The fourth-order valence-electron chi connectivity index (χ4n) is 2.36. The summed E-state index contributed by atoms with van der Waals surface area (Å²) in [5, 5.41) is 15.7. The first-order valence-electron chi connectivity index (χ1n) is 7.35. The van der Waals surface area contributed by atoms with Crippen LogP contribution in [0.15, 0.2) is 12.4 Å². The topological polar surface area (TPSA) is 96.7 Å². The van der Waals surface area contributed by atoms with Gasteiger partial charge in [-0.25, -0.2) is 4.79 Å². The van der Waals surface area contributed by atoms with Gasteiger partial charge in [-0.05, 0) is 13.8 Å². The molecule has 2 heterocycles. The van der Waals surface area contributed by atoms with Crippen LogP contribution in [-0.2, 0) is 9.53 Å². The molecule has 0 bridgehead atoms. The lowest BCUT2D eigenvalue weighted by Crippen LogP contribution is -2.47. The lowest BCUT2D eigenvalue weighted by atomic mass is 10.2. The highest BCUT2D eigenvalue weighted by atomic mass is 16.5. The van der Waals surface area contributed by atoms with Crippen LogP contribution >= 0.6 is 0 Å². The van der Waals surface area contributed by atoms with Gasteiger partial charge in [0.05, 0.1) is 25.0 Å². The summed E-state index contributed by atoms with van der Waals surface area (Å²) in [7, 11) is 0. The first-order valence-corrected chi connectivity index (χ1v) is 7.35. The molecule has 2 N–H and O–H groups in total. The van der Waals surface area contributed by atoms with Crippen molar-refractivity contribution in [2.75, 3.05) is 32.8 Å². The average molecular weight is 310 g/mol. The van der Waals surface area contributed by atoms with E-state index in [-0.39, 0.29) is 17.5 Å². The van der Waals surface area contributed by atoms with Crippen LogP contribution in [0.2, 0.25) is 0 Å². The van der Waals surface area contributed by atoms with Crippen molar-refractivity contribution < 1.29 is 19.4 Å². The van der Waals surface area contributed by atoms with E-state index in [4.69, 9.17) is 9.84 Å². The van der Waals surface area contributed by atoms with Crippen molar-refractivity contribution >= 4 is 11.9 Å². The van der Waals surface area contributed by atoms with E-state index in [0.717, 1.165) is 32.8 Å². The molecule has 0 radical (unpaired) electrons. The van der Waals surface area contributed by atoms with Gasteiger partial charge in [0, 0.05) is 31.9 Å². The Labute approximate surface area is 129 Å². The molecule has 0 aromatic carbocycles. The quantitative estimate of drug-likeness (QED) is 0.766. The lowest BCUT2D eigenvalue weighted by molar-refractivity contribution is -0.124. The molecule has 1 aliphatic rings. The molecular formula is C14H22N4O4. The Morgan fingerprint density at radius 3 is 2.68 bits per heavy atom. The minimum Gasteiger partial charge on any atom is -0.478 e. The number of aromatic carboxylic acids is 1. The normalized spacial score (nSPS) is 18.6. The maximum absolute atomic E-state index is 12.2. The van der Waals surface area contributed by atoms with Crippen molar-refractivity contribution in [1.29, 1.82) is 0 Å². The summed E-state index contributed by atoms with van der Waals surface area (Å²) < 4.78 is 6.65. The van der Waals surface area contributed by atoms with Gasteiger partial charge in [0.25, 0.3) is 0 Å². The van der Waals surface area contributed by atoms with E-state index in [1.54, 1.807) is 6.92 Å². The summed E-state index contributed by atoms with van der Waals surface area (Å²) >= 11 is 0. The third-order valence-corrected chi connectivity index (χ3v) is 3.65. The second-order valence-corrected chi connectivity index (χ2v) is 5.51. The van der Waals surface area contributed by atoms with Gasteiger partial charge in [0.1, 0.15) is 6.04 Å². The molecule has 22 heavy (non-hydrogen) atoms. The number of morpholine rings is 1. The SMILES string of the molecule is CC(CN1CCOCC1)NC(=O)C(C)n1cc(C(=O)O)cn1. The number of rotatable bonds is 6. The van der Waals surface area contributed by atoms with Crippen LogP contribution in [0.4, 0.5) is 0 Å². The Kier molecular flexibility index (Phi) is 5.51. The van der Waals surface area contributed by atoms with Crippen LogP contribution in [-0.4, -0.2) is 70.6 Å². The smallest absolute Gasteiger partial charge is 0.338 e. The predicted molar refractivity (Wildman–Crippen MR) is 78.8 cm³/mol. The van der Waals surface area contributed by atoms with E-state index in [1.807, 2.05) is 6.92 Å². The standard InChI is InChI=1S/C14H22N4O4/c1-10(8-17-3-5-22-6-4-17)16-13(19)11(2)18-9-12(7-15-18)14(20)21/h7,9-11H,3-6,8H2,1-2H3,(H,16,19)(H,20,21). The molecule has 1 amide bonds. The molecule has 8 heteroatoms. The summed E-state index contributed by atoms with van der Waals surface area (Å²) in [6.45, 7) is 7.60. The molecule has 2 unspecified atom stereocenters. The minimum absolute atomic E-state index is 0.00237. The maximum Gasteiger partial charge on any atom is 0.338 e. The van der Waals surface area contributed by atoms with E-state index >= 15 is 0 Å². The summed E-state index contributed by atoms with van der Waals surface area (Å²) in [5.41, 5.74) is 0.0704. The lowest BCUT2D eigenvalue weighted by Gasteiger charge is -2.29. The van der Waals surface area contributed by atoms with Gasteiger partial charge >= 0.3 is 5.97 Å². The third kappa shape index (κ3) is 4.28. The molecule has 0 aliphatic carbocycles. The number of nitrogens with zero attached hydrogens (tertiary/aromatic N) is 3. The Morgan fingerprint density at radius 2 is 2.09 bits per heavy atom. The van der Waals surface area contributed by atoms with Crippen LogP contribution in [0.1, 0.15) is 30.2 Å². The molecule has 1 aliphatic heterocycles. The van der Waals surface area contributed by atoms with E-state index in [1.165, 1.54) is 17.1 Å². The Hall–Kier alpha value is -1.93.